The highest BCUT2D eigenvalue weighted by molar-refractivity contribution is 6.22. The zero-order valence-corrected chi connectivity index (χ0v) is 14.9. The summed E-state index contributed by atoms with van der Waals surface area (Å²) in [6.07, 6.45) is 6.86. The molecule has 0 saturated carbocycles. The lowest BCUT2D eigenvalue weighted by molar-refractivity contribution is 0.0652. The molecule has 1 N–H and O–H groups in total. The van der Waals surface area contributed by atoms with Gasteiger partial charge in [-0.2, -0.15) is 0 Å². The number of fused-ring (bicyclic) bond motifs is 1. The van der Waals surface area contributed by atoms with E-state index in [0.29, 0.717) is 29.8 Å². The maximum absolute atomic E-state index is 12.5. The summed E-state index contributed by atoms with van der Waals surface area (Å²) in [5.74, 6) is -0.869. The van der Waals surface area contributed by atoms with Crippen LogP contribution >= 0.6 is 0 Å². The number of carbonyl (C=O) groups excluding carboxylic acids is 3. The zero-order valence-electron chi connectivity index (χ0n) is 14.9. The van der Waals surface area contributed by atoms with Gasteiger partial charge in [0.25, 0.3) is 17.7 Å². The fourth-order valence-corrected chi connectivity index (χ4v) is 3.01. The highest BCUT2D eigenvalue weighted by Crippen LogP contribution is 2.24. The van der Waals surface area contributed by atoms with Crippen molar-refractivity contribution in [2.24, 2.45) is 0 Å². The predicted octanol–water partition coefficient (Wildman–Crippen LogP) is 2.10. The van der Waals surface area contributed by atoms with Crippen molar-refractivity contribution in [1.29, 1.82) is 0 Å². The normalized spacial score (nSPS) is 14.5. The Balaban J connectivity index is 1.71. The molecule has 3 amide bonds. The quantitative estimate of drug-likeness (QED) is 0.772. The number of imide groups is 1. The Labute approximate surface area is 152 Å². The topological polar surface area (TPSA) is 84.3 Å². The summed E-state index contributed by atoms with van der Waals surface area (Å²) in [7, 11) is 0. The Bertz CT molecular complexity index is 829. The van der Waals surface area contributed by atoms with Crippen molar-refractivity contribution < 1.29 is 14.4 Å². The smallest absolute Gasteiger partial charge is 0.261 e. The van der Waals surface area contributed by atoms with Crippen LogP contribution in [0.5, 0.6) is 0 Å². The summed E-state index contributed by atoms with van der Waals surface area (Å²) in [6.45, 7) is 4.91. The zero-order chi connectivity index (χ0) is 18.7. The fraction of sp³-hybridized carbons (Fsp3) is 0.368. The Morgan fingerprint density at radius 2 is 2.00 bits per heavy atom. The molecule has 136 valence electrons. The summed E-state index contributed by atoms with van der Waals surface area (Å²) in [6, 6.07) is 4.56. The molecule has 1 unspecified atom stereocenters. The van der Waals surface area contributed by atoms with Crippen LogP contribution in [0.15, 0.2) is 36.9 Å². The number of benzene rings is 1. The number of hydrogen-bond acceptors (Lipinski definition) is 4. The summed E-state index contributed by atoms with van der Waals surface area (Å²) in [5.41, 5.74) is 1.05. The molecule has 26 heavy (non-hydrogen) atoms. The third kappa shape index (κ3) is 3.51. The molecule has 1 aliphatic rings. The van der Waals surface area contributed by atoms with Crippen LogP contribution in [0.2, 0.25) is 0 Å². The SMILES string of the molecule is CCCCN1C(=O)c2ccc(C(=O)NC(C)Cn3ccnc3)cc2C1=O. The van der Waals surface area contributed by atoms with Crippen molar-refractivity contribution in [3.8, 4) is 0 Å². The summed E-state index contributed by atoms with van der Waals surface area (Å²) in [5, 5.41) is 2.90. The van der Waals surface area contributed by atoms with Crippen LogP contribution in [0.4, 0.5) is 0 Å². The first-order valence-electron chi connectivity index (χ1n) is 8.78. The molecule has 2 heterocycles. The van der Waals surface area contributed by atoms with E-state index in [1.807, 2.05) is 24.6 Å². The van der Waals surface area contributed by atoms with Crippen molar-refractivity contribution in [3.05, 3.63) is 53.6 Å². The van der Waals surface area contributed by atoms with Crippen LogP contribution in [0.1, 0.15) is 57.8 Å². The molecular formula is C19H22N4O3. The van der Waals surface area contributed by atoms with Crippen LogP contribution in [-0.4, -0.2) is 44.8 Å². The highest BCUT2D eigenvalue weighted by Gasteiger charge is 2.35. The molecule has 0 saturated heterocycles. The predicted molar refractivity (Wildman–Crippen MR) is 95.9 cm³/mol. The molecule has 1 aliphatic heterocycles. The minimum atomic E-state index is -0.320. The lowest BCUT2D eigenvalue weighted by atomic mass is 10.1. The van der Waals surface area contributed by atoms with Gasteiger partial charge < -0.3 is 9.88 Å². The molecule has 0 aliphatic carbocycles. The van der Waals surface area contributed by atoms with Gasteiger partial charge in [0.15, 0.2) is 0 Å². The standard InChI is InChI=1S/C19H22N4O3/c1-3-4-8-23-18(25)15-6-5-14(10-16(15)19(23)26)17(24)21-13(2)11-22-9-7-20-12-22/h5-7,9-10,12-13H,3-4,8,11H2,1-2H3,(H,21,24). The van der Waals surface area contributed by atoms with E-state index >= 15 is 0 Å². The summed E-state index contributed by atoms with van der Waals surface area (Å²) >= 11 is 0. The van der Waals surface area contributed by atoms with Gasteiger partial charge in [0.1, 0.15) is 0 Å². The summed E-state index contributed by atoms with van der Waals surface area (Å²) < 4.78 is 1.88. The van der Waals surface area contributed by atoms with Crippen molar-refractivity contribution in [3.63, 3.8) is 0 Å². The van der Waals surface area contributed by atoms with E-state index in [2.05, 4.69) is 10.3 Å². The van der Waals surface area contributed by atoms with E-state index in [1.165, 1.54) is 11.0 Å². The molecule has 3 rings (SSSR count). The number of aromatic nitrogens is 2. The van der Waals surface area contributed by atoms with Crippen LogP contribution in [0.25, 0.3) is 0 Å². The number of amides is 3. The van der Waals surface area contributed by atoms with Gasteiger partial charge in [0.2, 0.25) is 0 Å². The second kappa shape index (κ2) is 7.51. The number of carbonyl (C=O) groups is 3. The largest absolute Gasteiger partial charge is 0.348 e. The molecule has 0 fully saturated rings. The molecule has 1 atom stereocenters. The Morgan fingerprint density at radius 1 is 1.23 bits per heavy atom. The number of rotatable bonds is 7. The minimum absolute atomic E-state index is 0.108. The van der Waals surface area contributed by atoms with Gasteiger partial charge in [-0.1, -0.05) is 13.3 Å². The number of nitrogens with one attached hydrogen (secondary N) is 1. The van der Waals surface area contributed by atoms with Crippen LogP contribution in [-0.2, 0) is 6.54 Å². The van der Waals surface area contributed by atoms with Crippen molar-refractivity contribution >= 4 is 17.7 Å². The minimum Gasteiger partial charge on any atom is -0.348 e. The van der Waals surface area contributed by atoms with Gasteiger partial charge in [-0.3, -0.25) is 19.3 Å². The highest BCUT2D eigenvalue weighted by atomic mass is 16.2. The third-order valence-corrected chi connectivity index (χ3v) is 4.39. The van der Waals surface area contributed by atoms with Gasteiger partial charge in [-0.25, -0.2) is 4.98 Å². The average Bonchev–Trinajstić information content (AvgIpc) is 3.21. The van der Waals surface area contributed by atoms with Crippen molar-refractivity contribution in [2.75, 3.05) is 6.54 Å². The van der Waals surface area contributed by atoms with Crippen LogP contribution < -0.4 is 5.32 Å². The summed E-state index contributed by atoms with van der Waals surface area (Å²) in [4.78, 5) is 42.5. The lowest BCUT2D eigenvalue weighted by Gasteiger charge is -2.14. The molecule has 0 radical (unpaired) electrons. The van der Waals surface area contributed by atoms with E-state index in [-0.39, 0.29) is 23.8 Å². The van der Waals surface area contributed by atoms with Gasteiger partial charge in [-0.15, -0.1) is 0 Å². The molecular weight excluding hydrogens is 332 g/mol. The van der Waals surface area contributed by atoms with Crippen LogP contribution in [0, 0.1) is 0 Å². The van der Waals surface area contributed by atoms with E-state index < -0.39 is 0 Å². The van der Waals surface area contributed by atoms with E-state index in [4.69, 9.17) is 0 Å². The monoisotopic (exact) mass is 354 g/mol. The average molecular weight is 354 g/mol. The van der Waals surface area contributed by atoms with Crippen molar-refractivity contribution in [1.82, 2.24) is 19.8 Å². The fourth-order valence-electron chi connectivity index (χ4n) is 3.01. The van der Waals surface area contributed by atoms with Gasteiger partial charge >= 0.3 is 0 Å². The Hall–Kier alpha value is -2.96. The molecule has 0 spiro atoms. The second-order valence-electron chi connectivity index (χ2n) is 6.51. The lowest BCUT2D eigenvalue weighted by Crippen LogP contribution is -2.35. The van der Waals surface area contributed by atoms with Gasteiger partial charge in [0.05, 0.1) is 17.5 Å². The molecule has 2 aromatic rings. The maximum Gasteiger partial charge on any atom is 0.261 e. The van der Waals surface area contributed by atoms with Gasteiger partial charge in [0, 0.05) is 37.1 Å². The number of nitrogens with zero attached hydrogens (tertiary/aromatic N) is 3. The number of imidazole rings is 1. The van der Waals surface area contributed by atoms with E-state index in [0.717, 1.165) is 12.8 Å². The van der Waals surface area contributed by atoms with E-state index in [1.54, 1.807) is 24.7 Å². The van der Waals surface area contributed by atoms with Crippen molar-refractivity contribution in [2.45, 2.75) is 39.3 Å². The first-order valence-corrected chi connectivity index (χ1v) is 8.78. The van der Waals surface area contributed by atoms with Crippen LogP contribution in [0.3, 0.4) is 0 Å². The number of hydrogen-bond donors (Lipinski definition) is 1. The molecule has 7 nitrogen and oxygen atoms in total. The first-order chi connectivity index (χ1) is 12.5. The number of unbranched alkanes of at least 4 members (excludes halogenated alkanes) is 1. The maximum atomic E-state index is 12.5. The Kier molecular flexibility index (Phi) is 5.16. The first kappa shape index (κ1) is 17.8. The third-order valence-electron chi connectivity index (χ3n) is 4.39. The second-order valence-corrected chi connectivity index (χ2v) is 6.51. The van der Waals surface area contributed by atoms with Gasteiger partial charge in [-0.05, 0) is 31.5 Å². The molecule has 7 heteroatoms. The molecule has 1 aromatic carbocycles. The Morgan fingerprint density at radius 3 is 2.69 bits per heavy atom. The van der Waals surface area contributed by atoms with E-state index in [9.17, 15) is 14.4 Å². The molecule has 0 bridgehead atoms. The molecule has 1 aromatic heterocycles.